The highest BCUT2D eigenvalue weighted by Gasteiger charge is 2.14. The Morgan fingerprint density at radius 2 is 2.20 bits per heavy atom. The van der Waals surface area contributed by atoms with E-state index in [2.05, 4.69) is 20.9 Å². The van der Waals surface area contributed by atoms with Crippen molar-refractivity contribution in [3.63, 3.8) is 0 Å². The number of halogens is 1. The number of nitro groups is 1. The van der Waals surface area contributed by atoms with Crippen molar-refractivity contribution >= 4 is 21.6 Å². The Morgan fingerprint density at radius 1 is 1.45 bits per heavy atom. The fourth-order valence-corrected chi connectivity index (χ4v) is 1.95. The number of rotatable bonds is 4. The molecule has 104 valence electrons. The Labute approximate surface area is 123 Å². The number of pyridine rings is 1. The summed E-state index contributed by atoms with van der Waals surface area (Å²) in [4.78, 5) is 14.4. The van der Waals surface area contributed by atoms with Crippen LogP contribution in [0.4, 0.5) is 5.69 Å². The maximum absolute atomic E-state index is 10.8. The summed E-state index contributed by atoms with van der Waals surface area (Å²) in [6.45, 7) is 1.81. The van der Waals surface area contributed by atoms with E-state index in [9.17, 15) is 10.1 Å². The van der Waals surface area contributed by atoms with Gasteiger partial charge in [-0.05, 0) is 35.0 Å². The molecule has 0 amide bonds. The molecular formula is C13H12BrN3O3. The van der Waals surface area contributed by atoms with E-state index in [0.717, 1.165) is 5.56 Å². The third kappa shape index (κ3) is 3.12. The predicted molar refractivity (Wildman–Crippen MR) is 77.7 cm³/mol. The minimum absolute atomic E-state index is 0.0542. The minimum Gasteiger partial charge on any atom is -0.437 e. The van der Waals surface area contributed by atoms with Crippen LogP contribution in [-0.2, 0) is 0 Å². The Hall–Kier alpha value is -1.99. The number of non-ortho nitro benzene ring substituents is 1. The van der Waals surface area contributed by atoms with Crippen LogP contribution in [0.5, 0.6) is 11.6 Å². The number of aromatic nitrogens is 1. The standard InChI is InChI=1S/C13H12BrN3O3/c1-8(15)10-3-2-6-16-13(10)20-12-7-9(17(18)19)4-5-11(12)14/h2-8H,15H2,1H3/t8-/m1/s1. The van der Waals surface area contributed by atoms with Crippen LogP contribution in [0.1, 0.15) is 18.5 Å². The topological polar surface area (TPSA) is 91.3 Å². The van der Waals surface area contributed by atoms with Crippen molar-refractivity contribution in [3.05, 3.63) is 56.7 Å². The number of ether oxygens (including phenoxy) is 1. The van der Waals surface area contributed by atoms with Gasteiger partial charge < -0.3 is 10.5 Å². The summed E-state index contributed by atoms with van der Waals surface area (Å²) in [5.41, 5.74) is 6.52. The predicted octanol–water partition coefficient (Wildman–Crippen LogP) is 3.56. The van der Waals surface area contributed by atoms with Crippen LogP contribution in [0.25, 0.3) is 0 Å². The van der Waals surface area contributed by atoms with E-state index >= 15 is 0 Å². The maximum Gasteiger partial charge on any atom is 0.273 e. The Balaban J connectivity index is 2.40. The third-order valence-electron chi connectivity index (χ3n) is 2.62. The smallest absolute Gasteiger partial charge is 0.273 e. The molecular weight excluding hydrogens is 326 g/mol. The van der Waals surface area contributed by atoms with Gasteiger partial charge in [0, 0.05) is 23.9 Å². The summed E-state index contributed by atoms with van der Waals surface area (Å²) in [5, 5.41) is 10.8. The minimum atomic E-state index is -0.482. The summed E-state index contributed by atoms with van der Waals surface area (Å²) in [5.74, 6) is 0.656. The van der Waals surface area contributed by atoms with Crippen molar-refractivity contribution in [2.75, 3.05) is 0 Å². The van der Waals surface area contributed by atoms with E-state index in [0.29, 0.717) is 16.1 Å². The molecule has 2 N–H and O–H groups in total. The fourth-order valence-electron chi connectivity index (χ4n) is 1.62. The number of nitro benzene ring substituents is 1. The van der Waals surface area contributed by atoms with Crippen molar-refractivity contribution in [1.82, 2.24) is 4.98 Å². The van der Waals surface area contributed by atoms with Gasteiger partial charge in [0.1, 0.15) is 0 Å². The van der Waals surface area contributed by atoms with Gasteiger partial charge in [-0.3, -0.25) is 10.1 Å². The molecule has 0 radical (unpaired) electrons. The molecule has 0 saturated carbocycles. The molecule has 1 atom stereocenters. The van der Waals surface area contributed by atoms with E-state index in [4.69, 9.17) is 10.5 Å². The lowest BCUT2D eigenvalue weighted by molar-refractivity contribution is -0.384. The summed E-state index contributed by atoms with van der Waals surface area (Å²) < 4.78 is 6.25. The Kier molecular flexibility index (Phi) is 4.31. The average molecular weight is 338 g/mol. The molecule has 0 fully saturated rings. The van der Waals surface area contributed by atoms with Crippen LogP contribution < -0.4 is 10.5 Å². The summed E-state index contributed by atoms with van der Waals surface area (Å²) in [6.07, 6.45) is 1.58. The van der Waals surface area contributed by atoms with E-state index < -0.39 is 4.92 Å². The molecule has 2 aromatic rings. The van der Waals surface area contributed by atoms with Crippen molar-refractivity contribution in [3.8, 4) is 11.6 Å². The average Bonchev–Trinajstić information content (AvgIpc) is 2.41. The monoisotopic (exact) mass is 337 g/mol. The molecule has 0 spiro atoms. The van der Waals surface area contributed by atoms with Gasteiger partial charge in [0.25, 0.3) is 5.69 Å². The molecule has 0 unspecified atom stereocenters. The van der Waals surface area contributed by atoms with Gasteiger partial charge in [-0.2, -0.15) is 0 Å². The van der Waals surface area contributed by atoms with Crippen LogP contribution in [0, 0.1) is 10.1 Å². The van der Waals surface area contributed by atoms with Gasteiger partial charge in [0.05, 0.1) is 15.5 Å². The molecule has 7 heteroatoms. The van der Waals surface area contributed by atoms with E-state index in [1.165, 1.54) is 12.1 Å². The first-order chi connectivity index (χ1) is 9.49. The van der Waals surface area contributed by atoms with Crippen molar-refractivity contribution in [1.29, 1.82) is 0 Å². The van der Waals surface area contributed by atoms with Crippen LogP contribution in [0.15, 0.2) is 41.0 Å². The van der Waals surface area contributed by atoms with Crippen LogP contribution in [0.2, 0.25) is 0 Å². The van der Waals surface area contributed by atoms with Gasteiger partial charge in [-0.25, -0.2) is 4.98 Å². The SMILES string of the molecule is C[C@@H](N)c1cccnc1Oc1cc([N+](=O)[O-])ccc1Br. The van der Waals surface area contributed by atoms with Crippen LogP contribution in [-0.4, -0.2) is 9.91 Å². The molecule has 0 aliphatic carbocycles. The Morgan fingerprint density at radius 3 is 2.85 bits per heavy atom. The fraction of sp³-hybridized carbons (Fsp3) is 0.154. The normalized spacial score (nSPS) is 11.9. The lowest BCUT2D eigenvalue weighted by atomic mass is 10.1. The molecule has 0 aliphatic heterocycles. The molecule has 1 heterocycles. The first kappa shape index (κ1) is 14.4. The zero-order chi connectivity index (χ0) is 14.7. The van der Waals surface area contributed by atoms with E-state index in [1.54, 1.807) is 24.4 Å². The summed E-state index contributed by atoms with van der Waals surface area (Å²) >= 11 is 3.29. The quantitative estimate of drug-likeness (QED) is 0.680. The van der Waals surface area contributed by atoms with E-state index in [1.807, 2.05) is 6.92 Å². The number of hydrogen-bond donors (Lipinski definition) is 1. The van der Waals surface area contributed by atoms with E-state index in [-0.39, 0.29) is 11.7 Å². The second-order valence-electron chi connectivity index (χ2n) is 4.16. The molecule has 1 aromatic heterocycles. The van der Waals surface area contributed by atoms with Crippen molar-refractivity contribution < 1.29 is 9.66 Å². The van der Waals surface area contributed by atoms with Crippen LogP contribution in [0.3, 0.4) is 0 Å². The molecule has 20 heavy (non-hydrogen) atoms. The molecule has 0 saturated heterocycles. The van der Waals surface area contributed by atoms with Gasteiger partial charge in [-0.15, -0.1) is 0 Å². The largest absolute Gasteiger partial charge is 0.437 e. The highest BCUT2D eigenvalue weighted by atomic mass is 79.9. The molecule has 2 rings (SSSR count). The van der Waals surface area contributed by atoms with Gasteiger partial charge in [0.2, 0.25) is 5.88 Å². The third-order valence-corrected chi connectivity index (χ3v) is 3.28. The van der Waals surface area contributed by atoms with Gasteiger partial charge in [0.15, 0.2) is 5.75 Å². The highest BCUT2D eigenvalue weighted by molar-refractivity contribution is 9.10. The lowest BCUT2D eigenvalue weighted by Crippen LogP contribution is -2.07. The molecule has 0 aliphatic rings. The number of benzene rings is 1. The summed E-state index contributed by atoms with van der Waals surface area (Å²) in [6, 6.07) is 7.59. The van der Waals surface area contributed by atoms with Gasteiger partial charge >= 0.3 is 0 Å². The van der Waals surface area contributed by atoms with Crippen LogP contribution >= 0.6 is 15.9 Å². The zero-order valence-electron chi connectivity index (χ0n) is 10.6. The van der Waals surface area contributed by atoms with Crippen molar-refractivity contribution in [2.24, 2.45) is 5.73 Å². The lowest BCUT2D eigenvalue weighted by Gasteiger charge is -2.12. The number of nitrogens with zero attached hydrogens (tertiary/aromatic N) is 2. The maximum atomic E-state index is 10.8. The van der Waals surface area contributed by atoms with Gasteiger partial charge in [-0.1, -0.05) is 6.07 Å². The second-order valence-corrected chi connectivity index (χ2v) is 5.01. The second kappa shape index (κ2) is 5.98. The number of nitrogens with two attached hydrogens (primary N) is 1. The first-order valence-corrected chi connectivity index (χ1v) is 6.60. The molecule has 6 nitrogen and oxygen atoms in total. The first-order valence-electron chi connectivity index (χ1n) is 5.81. The molecule has 0 bridgehead atoms. The van der Waals surface area contributed by atoms with Crippen molar-refractivity contribution in [2.45, 2.75) is 13.0 Å². The summed E-state index contributed by atoms with van der Waals surface area (Å²) in [7, 11) is 0. The Bertz CT molecular complexity index is 647. The number of hydrogen-bond acceptors (Lipinski definition) is 5. The zero-order valence-corrected chi connectivity index (χ0v) is 12.2. The molecule has 1 aromatic carbocycles. The highest BCUT2D eigenvalue weighted by Crippen LogP contribution is 2.34.